The number of likely N-dealkylation sites (N-methyl/N-ethyl adjacent to an activating group) is 1. The summed E-state index contributed by atoms with van der Waals surface area (Å²) < 4.78 is 4.79. The van der Waals surface area contributed by atoms with Crippen molar-refractivity contribution in [1.29, 1.82) is 0 Å². The molecular weight excluding hydrogens is 761 g/mol. The van der Waals surface area contributed by atoms with Gasteiger partial charge in [0.15, 0.2) is 0 Å². The van der Waals surface area contributed by atoms with Gasteiger partial charge in [0.1, 0.15) is 23.7 Å². The van der Waals surface area contributed by atoms with Crippen LogP contribution in [-0.4, -0.2) is 102 Å². The third-order valence-electron chi connectivity index (χ3n) is 12.3. The lowest BCUT2D eigenvalue weighted by Crippen LogP contribution is -2.53. The number of hydrogen-bond acceptors (Lipinski definition) is 7. The number of carbonyl (C=O) groups is 4. The fraction of sp³-hybridized carbons (Fsp3) is 0.435. The Balaban J connectivity index is 1.05. The van der Waals surface area contributed by atoms with E-state index in [9.17, 15) is 24.3 Å². The molecule has 0 saturated carbocycles. The first-order valence-electron chi connectivity index (χ1n) is 20.9. The summed E-state index contributed by atoms with van der Waals surface area (Å²) in [6.07, 6.45) is 5.01. The van der Waals surface area contributed by atoms with Crippen LogP contribution in [-0.2, 0) is 14.3 Å². The lowest BCUT2D eigenvalue weighted by Gasteiger charge is -2.36. The minimum Gasteiger partial charge on any atom is -0.465 e. The highest BCUT2D eigenvalue weighted by Gasteiger charge is 2.43. The minimum atomic E-state index is -1.13. The maximum atomic E-state index is 13.8. The van der Waals surface area contributed by atoms with Crippen LogP contribution in [0.1, 0.15) is 91.0 Å². The predicted octanol–water partition coefficient (Wildman–Crippen LogP) is 8.41. The number of rotatable bonds is 11. The third-order valence-corrected chi connectivity index (χ3v) is 12.3. The fourth-order valence-electron chi connectivity index (χ4n) is 9.02. The topological polar surface area (TPSA) is 177 Å². The molecule has 4 heterocycles. The minimum absolute atomic E-state index is 0.00332. The van der Waals surface area contributed by atoms with Crippen LogP contribution in [0.25, 0.3) is 44.4 Å². The van der Waals surface area contributed by atoms with Crippen molar-refractivity contribution < 1.29 is 29.0 Å². The molecule has 0 spiro atoms. The van der Waals surface area contributed by atoms with E-state index in [1.54, 1.807) is 6.20 Å². The van der Waals surface area contributed by atoms with Crippen molar-refractivity contribution in [1.82, 2.24) is 40.0 Å². The van der Waals surface area contributed by atoms with E-state index in [4.69, 9.17) is 14.7 Å². The second kappa shape index (κ2) is 17.2. The van der Waals surface area contributed by atoms with Gasteiger partial charge in [0, 0.05) is 24.7 Å². The molecule has 2 saturated heterocycles. The Bertz CT molecular complexity index is 2370. The van der Waals surface area contributed by atoms with E-state index in [0.29, 0.717) is 5.82 Å². The van der Waals surface area contributed by atoms with Crippen LogP contribution in [0, 0.1) is 11.8 Å². The SMILES string of the molecule is COC(=O)N[C@@H](C(=O)N1C(C)CCC1c1ncc(-c2ccc3cc(-c4ccc(-c5cnc([C@@H]6CC[C@@H](C)N6C(=O)[C@H](C(C)C)N(C)C(=O)O)[nH]5)cc4)ccc3c2)[nH]1)C(C)C. The van der Waals surface area contributed by atoms with Gasteiger partial charge in [-0.3, -0.25) is 14.5 Å². The van der Waals surface area contributed by atoms with E-state index >= 15 is 0 Å². The molecule has 4 amide bonds. The number of nitrogens with zero attached hydrogens (tertiary/aromatic N) is 5. The molecule has 2 unspecified atom stereocenters. The van der Waals surface area contributed by atoms with E-state index in [1.807, 2.05) is 57.5 Å². The number of ether oxygens (including phenoxy) is 1. The summed E-state index contributed by atoms with van der Waals surface area (Å²) in [5.41, 5.74) is 5.81. The van der Waals surface area contributed by atoms with Gasteiger partial charge < -0.3 is 34.9 Å². The van der Waals surface area contributed by atoms with E-state index < -0.39 is 24.3 Å². The quantitative estimate of drug-likeness (QED) is 0.103. The van der Waals surface area contributed by atoms with Crippen LogP contribution in [0.5, 0.6) is 0 Å². The van der Waals surface area contributed by atoms with Crippen molar-refractivity contribution in [3.63, 3.8) is 0 Å². The van der Waals surface area contributed by atoms with Gasteiger partial charge in [-0.1, -0.05) is 76.2 Å². The number of aromatic nitrogens is 4. The molecule has 2 aromatic heterocycles. The zero-order chi connectivity index (χ0) is 43.0. The Labute approximate surface area is 350 Å². The van der Waals surface area contributed by atoms with E-state index in [-0.39, 0.29) is 47.8 Å². The van der Waals surface area contributed by atoms with Crippen LogP contribution in [0.15, 0.2) is 73.1 Å². The number of methoxy groups -OCH3 is 1. The molecule has 2 aliphatic rings. The fourth-order valence-corrected chi connectivity index (χ4v) is 9.02. The molecule has 14 nitrogen and oxygen atoms in total. The molecule has 0 radical (unpaired) electrons. The maximum absolute atomic E-state index is 13.8. The van der Waals surface area contributed by atoms with Crippen molar-refractivity contribution in [3.05, 3.63) is 84.7 Å². The Hall–Kier alpha value is -6.18. The summed E-state index contributed by atoms with van der Waals surface area (Å²) in [6, 6.07) is 19.0. The normalized spacial score (nSPS) is 20.2. The first-order chi connectivity index (χ1) is 28.7. The van der Waals surface area contributed by atoms with Gasteiger partial charge in [-0.2, -0.15) is 0 Å². The Morgan fingerprint density at radius 2 is 1.20 bits per heavy atom. The molecule has 0 aliphatic carbocycles. The van der Waals surface area contributed by atoms with Crippen LogP contribution < -0.4 is 5.32 Å². The van der Waals surface area contributed by atoms with Crippen LogP contribution >= 0.6 is 0 Å². The highest BCUT2D eigenvalue weighted by molar-refractivity contribution is 5.91. The van der Waals surface area contributed by atoms with Gasteiger partial charge in [0.2, 0.25) is 11.8 Å². The molecule has 2 fully saturated rings. The molecule has 316 valence electrons. The number of nitrogens with one attached hydrogen (secondary N) is 3. The molecule has 6 atom stereocenters. The average Bonchev–Trinajstić information content (AvgIpc) is 4.06. The molecular formula is C46H56N8O6. The van der Waals surface area contributed by atoms with Crippen molar-refractivity contribution in [2.24, 2.45) is 11.8 Å². The van der Waals surface area contributed by atoms with Gasteiger partial charge >= 0.3 is 12.2 Å². The first-order valence-corrected chi connectivity index (χ1v) is 20.9. The number of alkyl carbamates (subject to hydrolysis) is 1. The molecule has 3 aromatic carbocycles. The summed E-state index contributed by atoms with van der Waals surface area (Å²) in [4.78, 5) is 72.7. The summed E-state index contributed by atoms with van der Waals surface area (Å²) in [5, 5.41) is 14.6. The van der Waals surface area contributed by atoms with Crippen molar-refractivity contribution >= 4 is 34.8 Å². The molecule has 60 heavy (non-hydrogen) atoms. The number of imidazole rings is 2. The lowest BCUT2D eigenvalue weighted by atomic mass is 9.98. The number of carbonyl (C=O) groups excluding carboxylic acids is 3. The van der Waals surface area contributed by atoms with Gasteiger partial charge in [0.25, 0.3) is 0 Å². The van der Waals surface area contributed by atoms with Gasteiger partial charge in [-0.15, -0.1) is 0 Å². The molecule has 5 aromatic rings. The number of hydrogen-bond donors (Lipinski definition) is 4. The molecule has 4 N–H and O–H groups in total. The van der Waals surface area contributed by atoms with Crippen LogP contribution in [0.2, 0.25) is 0 Å². The Morgan fingerprint density at radius 1 is 0.717 bits per heavy atom. The van der Waals surface area contributed by atoms with E-state index in [2.05, 4.69) is 75.9 Å². The summed E-state index contributed by atoms with van der Waals surface area (Å²) >= 11 is 0. The standard InChI is InChI=1S/C46H56N8O6/c1-25(2)39(51-45(57)60-8)43(55)53-27(5)9-19-37(53)41-48-24-36(50-41)34-18-17-32-21-31(15-16-33(32)22-34)29-11-13-30(14-12-29)35-23-47-42(49-35)38-20-10-28(6)54(38)44(56)40(26(3)4)52(7)46(58)59/h11-18,21-28,37-40H,9-10,19-20H2,1-8H3,(H,47,49)(H,48,50)(H,51,57)(H,58,59)/t27?,28-,37?,38+,39-,40+/m1/s1. The summed E-state index contributed by atoms with van der Waals surface area (Å²) in [6.45, 7) is 11.6. The number of carboxylic acid groups (broad SMARTS) is 1. The predicted molar refractivity (Wildman–Crippen MR) is 230 cm³/mol. The van der Waals surface area contributed by atoms with E-state index in [1.165, 1.54) is 14.2 Å². The highest BCUT2D eigenvalue weighted by atomic mass is 16.5. The first kappa shape index (κ1) is 42.0. The maximum Gasteiger partial charge on any atom is 0.407 e. The van der Waals surface area contributed by atoms with Crippen molar-refractivity contribution in [3.8, 4) is 33.6 Å². The average molecular weight is 817 g/mol. The number of aromatic amines is 2. The number of amides is 4. The molecule has 0 bridgehead atoms. The molecule has 2 aliphatic heterocycles. The summed E-state index contributed by atoms with van der Waals surface area (Å²) in [5.74, 6) is 0.774. The second-order valence-corrected chi connectivity index (χ2v) is 17.0. The second-order valence-electron chi connectivity index (χ2n) is 17.0. The smallest absolute Gasteiger partial charge is 0.407 e. The van der Waals surface area contributed by atoms with Gasteiger partial charge in [0.05, 0.1) is 43.0 Å². The zero-order valence-corrected chi connectivity index (χ0v) is 35.6. The molecule has 7 rings (SSSR count). The summed E-state index contributed by atoms with van der Waals surface area (Å²) in [7, 11) is 2.75. The lowest BCUT2D eigenvalue weighted by molar-refractivity contribution is -0.140. The number of likely N-dealkylation sites (tertiary alicyclic amines) is 2. The van der Waals surface area contributed by atoms with Crippen LogP contribution in [0.3, 0.4) is 0 Å². The van der Waals surface area contributed by atoms with Gasteiger partial charge in [-0.05, 0) is 91.0 Å². The van der Waals surface area contributed by atoms with Crippen molar-refractivity contribution in [2.75, 3.05) is 14.2 Å². The van der Waals surface area contributed by atoms with Crippen LogP contribution in [0.4, 0.5) is 9.59 Å². The van der Waals surface area contributed by atoms with Gasteiger partial charge in [-0.25, -0.2) is 19.6 Å². The highest BCUT2D eigenvalue weighted by Crippen LogP contribution is 2.39. The number of benzene rings is 3. The number of fused-ring (bicyclic) bond motifs is 1. The monoisotopic (exact) mass is 816 g/mol. The van der Waals surface area contributed by atoms with E-state index in [0.717, 1.165) is 80.8 Å². The largest absolute Gasteiger partial charge is 0.465 e. The Morgan fingerprint density at radius 3 is 1.72 bits per heavy atom. The zero-order valence-electron chi connectivity index (χ0n) is 35.6. The van der Waals surface area contributed by atoms with Crippen molar-refractivity contribution in [2.45, 2.75) is 103 Å². The Kier molecular flexibility index (Phi) is 12.0. The molecule has 14 heteroatoms. The number of H-pyrrole nitrogens is 2. The third kappa shape index (κ3) is 8.19.